The minimum Gasteiger partial charge on any atom is -0.343 e. The Hall–Kier alpha value is -1.56. The lowest BCUT2D eigenvalue weighted by Crippen LogP contribution is -2.36. The molecular weight excluding hydrogens is 312 g/mol. The molecule has 0 atom stereocenters. The zero-order chi connectivity index (χ0) is 17.6. The van der Waals surface area contributed by atoms with Gasteiger partial charge in [-0.15, -0.1) is 0 Å². The summed E-state index contributed by atoms with van der Waals surface area (Å²) in [6.45, 7) is 9.45. The number of nitrogens with zero attached hydrogens (tertiary/aromatic N) is 2. The van der Waals surface area contributed by atoms with E-state index in [1.54, 1.807) is 17.0 Å². The van der Waals surface area contributed by atoms with Crippen molar-refractivity contribution >= 4 is 21.6 Å². The molecule has 5 nitrogen and oxygen atoms in total. The molecule has 1 amide bonds. The minimum absolute atomic E-state index is 0.0255. The fourth-order valence-corrected chi connectivity index (χ4v) is 3.37. The van der Waals surface area contributed by atoms with Crippen LogP contribution in [0.3, 0.4) is 0 Å². The molecule has 0 aromatic heterocycles. The summed E-state index contributed by atoms with van der Waals surface area (Å²) in [7, 11) is -3.42. The van der Waals surface area contributed by atoms with Gasteiger partial charge in [-0.05, 0) is 37.5 Å². The molecule has 0 heterocycles. The highest BCUT2D eigenvalue weighted by Crippen LogP contribution is 2.22. The molecule has 130 valence electrons. The van der Waals surface area contributed by atoms with Gasteiger partial charge < -0.3 is 4.90 Å². The van der Waals surface area contributed by atoms with Gasteiger partial charge in [-0.1, -0.05) is 26.0 Å². The molecule has 0 bridgehead atoms. The predicted molar refractivity (Wildman–Crippen MR) is 95.3 cm³/mol. The molecule has 0 N–H and O–H groups in total. The maximum absolute atomic E-state index is 12.1. The average Bonchev–Trinajstić information content (AvgIpc) is 2.47. The number of rotatable bonds is 8. The zero-order valence-corrected chi connectivity index (χ0v) is 15.6. The van der Waals surface area contributed by atoms with E-state index in [4.69, 9.17) is 0 Å². The van der Waals surface area contributed by atoms with Gasteiger partial charge >= 0.3 is 0 Å². The van der Waals surface area contributed by atoms with Crippen molar-refractivity contribution in [2.24, 2.45) is 0 Å². The van der Waals surface area contributed by atoms with Crippen LogP contribution in [-0.4, -0.2) is 45.1 Å². The van der Waals surface area contributed by atoms with Crippen molar-refractivity contribution in [1.29, 1.82) is 0 Å². The van der Waals surface area contributed by atoms with Gasteiger partial charge in [-0.3, -0.25) is 9.10 Å². The molecule has 0 fully saturated rings. The van der Waals surface area contributed by atoms with Crippen molar-refractivity contribution in [2.75, 3.05) is 30.2 Å². The Morgan fingerprint density at radius 1 is 1.09 bits per heavy atom. The fourth-order valence-electron chi connectivity index (χ4n) is 2.44. The Morgan fingerprint density at radius 3 is 2.00 bits per heavy atom. The summed E-state index contributed by atoms with van der Waals surface area (Å²) in [4.78, 5) is 13.8. The first-order valence-electron chi connectivity index (χ1n) is 8.06. The van der Waals surface area contributed by atoms with Crippen molar-refractivity contribution < 1.29 is 13.2 Å². The molecule has 0 radical (unpaired) electrons. The quantitative estimate of drug-likeness (QED) is 0.731. The van der Waals surface area contributed by atoms with Gasteiger partial charge in [0.05, 0.1) is 11.9 Å². The second-order valence-corrected chi connectivity index (χ2v) is 7.80. The molecule has 1 rings (SSSR count). The number of anilines is 1. The van der Waals surface area contributed by atoms with E-state index in [2.05, 4.69) is 13.8 Å². The lowest BCUT2D eigenvalue weighted by atomic mass is 10.0. The molecule has 23 heavy (non-hydrogen) atoms. The van der Waals surface area contributed by atoms with E-state index in [0.717, 1.165) is 5.56 Å². The van der Waals surface area contributed by atoms with Crippen LogP contribution in [0.15, 0.2) is 24.3 Å². The van der Waals surface area contributed by atoms with Crippen LogP contribution >= 0.6 is 0 Å². The zero-order valence-electron chi connectivity index (χ0n) is 14.7. The van der Waals surface area contributed by atoms with E-state index in [1.807, 2.05) is 26.0 Å². The van der Waals surface area contributed by atoms with Crippen LogP contribution in [0.1, 0.15) is 45.6 Å². The second kappa shape index (κ2) is 8.34. The van der Waals surface area contributed by atoms with Crippen LogP contribution in [0.5, 0.6) is 0 Å². The van der Waals surface area contributed by atoms with Gasteiger partial charge in [0.25, 0.3) is 0 Å². The van der Waals surface area contributed by atoms with Crippen LogP contribution in [0.25, 0.3) is 0 Å². The summed E-state index contributed by atoms with van der Waals surface area (Å²) in [6, 6.07) is 7.48. The molecule has 0 aliphatic rings. The molecule has 0 saturated carbocycles. The first-order valence-corrected chi connectivity index (χ1v) is 9.90. The van der Waals surface area contributed by atoms with Crippen molar-refractivity contribution in [1.82, 2.24) is 4.90 Å². The number of amides is 1. The van der Waals surface area contributed by atoms with E-state index in [0.29, 0.717) is 24.7 Å². The highest BCUT2D eigenvalue weighted by molar-refractivity contribution is 7.92. The Kier molecular flexibility index (Phi) is 7.06. The summed E-state index contributed by atoms with van der Waals surface area (Å²) in [5.41, 5.74) is 1.76. The van der Waals surface area contributed by atoms with Gasteiger partial charge in [0.15, 0.2) is 0 Å². The molecule has 1 aromatic rings. The third kappa shape index (κ3) is 5.53. The highest BCUT2D eigenvalue weighted by Gasteiger charge is 2.20. The van der Waals surface area contributed by atoms with Crippen LogP contribution in [0.2, 0.25) is 0 Å². The Bertz CT molecular complexity index is 605. The van der Waals surface area contributed by atoms with Crippen molar-refractivity contribution in [3.63, 3.8) is 0 Å². The lowest BCUT2D eigenvalue weighted by molar-refractivity contribution is -0.130. The lowest BCUT2D eigenvalue weighted by Gasteiger charge is -2.25. The fraction of sp³-hybridized carbons (Fsp3) is 0.588. The number of hydrogen-bond acceptors (Lipinski definition) is 3. The Morgan fingerprint density at radius 2 is 1.61 bits per heavy atom. The summed E-state index contributed by atoms with van der Waals surface area (Å²) in [5, 5.41) is 0. The van der Waals surface area contributed by atoms with Crippen LogP contribution in [0, 0.1) is 0 Å². The number of benzene rings is 1. The number of carbonyl (C=O) groups excluding carboxylic acids is 1. The van der Waals surface area contributed by atoms with E-state index in [9.17, 15) is 13.2 Å². The highest BCUT2D eigenvalue weighted by atomic mass is 32.2. The first kappa shape index (κ1) is 19.5. The standard InChI is InChI=1S/C17H28N2O3S/c1-6-18(7-2)17(20)12-13-19(23(5,21)22)16-10-8-15(9-11-16)14(3)4/h8-11,14H,6-7,12-13H2,1-5H3. The molecule has 1 aromatic carbocycles. The molecule has 0 saturated heterocycles. The smallest absolute Gasteiger partial charge is 0.232 e. The topological polar surface area (TPSA) is 57.7 Å². The number of carbonyl (C=O) groups is 1. The molecule has 0 unspecified atom stereocenters. The molecule has 0 aliphatic carbocycles. The van der Waals surface area contributed by atoms with Gasteiger partial charge in [0, 0.05) is 26.1 Å². The van der Waals surface area contributed by atoms with E-state index >= 15 is 0 Å². The van der Waals surface area contributed by atoms with Crippen LogP contribution < -0.4 is 4.31 Å². The van der Waals surface area contributed by atoms with Gasteiger partial charge in [0.1, 0.15) is 0 Å². The first-order chi connectivity index (χ1) is 10.7. The second-order valence-electron chi connectivity index (χ2n) is 5.90. The molecule has 0 spiro atoms. The van der Waals surface area contributed by atoms with E-state index < -0.39 is 10.0 Å². The van der Waals surface area contributed by atoms with Gasteiger partial charge in [-0.25, -0.2) is 8.42 Å². The monoisotopic (exact) mass is 340 g/mol. The molecule has 0 aliphatic heterocycles. The predicted octanol–water partition coefficient (Wildman–Crippen LogP) is 2.83. The van der Waals surface area contributed by atoms with Crippen LogP contribution in [-0.2, 0) is 14.8 Å². The Labute approximate surface area is 140 Å². The van der Waals surface area contributed by atoms with E-state index in [1.165, 1.54) is 10.6 Å². The van der Waals surface area contributed by atoms with Crippen molar-refractivity contribution in [2.45, 2.75) is 40.0 Å². The van der Waals surface area contributed by atoms with Crippen molar-refractivity contribution in [3.05, 3.63) is 29.8 Å². The summed E-state index contributed by atoms with van der Waals surface area (Å²) in [5.74, 6) is 0.363. The Balaban J connectivity index is 2.92. The molecule has 6 heteroatoms. The van der Waals surface area contributed by atoms with Gasteiger partial charge in [-0.2, -0.15) is 0 Å². The summed E-state index contributed by atoms with van der Waals surface area (Å²) < 4.78 is 25.5. The SMILES string of the molecule is CCN(CC)C(=O)CCN(c1ccc(C(C)C)cc1)S(C)(=O)=O. The largest absolute Gasteiger partial charge is 0.343 e. The maximum atomic E-state index is 12.1. The minimum atomic E-state index is -3.42. The maximum Gasteiger partial charge on any atom is 0.232 e. The normalized spacial score (nSPS) is 11.6. The number of hydrogen-bond donors (Lipinski definition) is 0. The summed E-state index contributed by atoms with van der Waals surface area (Å²) in [6.07, 6.45) is 1.35. The third-order valence-corrected chi connectivity index (χ3v) is 5.09. The average molecular weight is 340 g/mol. The van der Waals surface area contributed by atoms with Gasteiger partial charge in [0.2, 0.25) is 15.9 Å². The van der Waals surface area contributed by atoms with E-state index in [-0.39, 0.29) is 18.9 Å². The van der Waals surface area contributed by atoms with Crippen molar-refractivity contribution in [3.8, 4) is 0 Å². The van der Waals surface area contributed by atoms with Crippen LogP contribution in [0.4, 0.5) is 5.69 Å². The molecular formula is C17H28N2O3S. The third-order valence-electron chi connectivity index (χ3n) is 3.89. The summed E-state index contributed by atoms with van der Waals surface area (Å²) >= 11 is 0. The number of sulfonamides is 1.